The van der Waals surface area contributed by atoms with Crippen molar-refractivity contribution in [2.24, 2.45) is 5.73 Å². The summed E-state index contributed by atoms with van der Waals surface area (Å²) in [6.45, 7) is 0. The van der Waals surface area contributed by atoms with Crippen molar-refractivity contribution < 1.29 is 14.6 Å². The highest BCUT2D eigenvalue weighted by Gasteiger charge is 2.10. The third-order valence-corrected chi connectivity index (χ3v) is 4.11. The van der Waals surface area contributed by atoms with E-state index in [1.165, 1.54) is 0 Å². The largest absolute Gasteiger partial charge is 0.508 e. The number of rotatable bonds is 5. The van der Waals surface area contributed by atoms with Crippen LogP contribution in [0.3, 0.4) is 0 Å². The number of carbonyl (C=O) groups excluding carboxylic acids is 1. The Hall–Kier alpha value is -4.33. The van der Waals surface area contributed by atoms with E-state index in [0.717, 1.165) is 16.5 Å². The number of phenolic OH excluding ortho intramolecular Hbond substituents is 1. The standard InChI is InChI=1S/C21H17N5O3/c22-20(28)25-17-9-10-18(16-4-2-1-3-15(16)17)29-19-11-12-23-21(26-19)24-13-5-7-14(27)8-6-13/h1-12,27H,(H3,22,25,28)(H,23,24,26). The summed E-state index contributed by atoms with van der Waals surface area (Å²) in [5.41, 5.74) is 6.57. The number of primary amides is 1. The first-order valence-electron chi connectivity index (χ1n) is 8.74. The molecule has 8 heteroatoms. The number of nitrogens with two attached hydrogens (primary N) is 1. The summed E-state index contributed by atoms with van der Waals surface area (Å²) in [5, 5.41) is 16.6. The van der Waals surface area contributed by atoms with Crippen LogP contribution in [0.15, 0.2) is 72.9 Å². The number of nitrogens with zero attached hydrogens (tertiary/aromatic N) is 2. The summed E-state index contributed by atoms with van der Waals surface area (Å²) in [4.78, 5) is 19.8. The first-order chi connectivity index (χ1) is 14.1. The number of anilines is 3. The third kappa shape index (κ3) is 4.16. The molecule has 2 amide bonds. The second-order valence-electron chi connectivity index (χ2n) is 6.14. The van der Waals surface area contributed by atoms with Gasteiger partial charge >= 0.3 is 6.03 Å². The van der Waals surface area contributed by atoms with Crippen molar-refractivity contribution >= 4 is 34.1 Å². The number of carbonyl (C=O) groups is 1. The Kier molecular flexibility index (Phi) is 4.81. The molecule has 3 aromatic carbocycles. The lowest BCUT2D eigenvalue weighted by molar-refractivity contribution is 0.259. The van der Waals surface area contributed by atoms with Gasteiger partial charge < -0.3 is 26.2 Å². The molecule has 4 aromatic rings. The highest BCUT2D eigenvalue weighted by Crippen LogP contribution is 2.34. The minimum atomic E-state index is -0.635. The molecule has 0 atom stereocenters. The number of aromatic hydroxyl groups is 1. The Morgan fingerprint density at radius 1 is 0.966 bits per heavy atom. The van der Waals surface area contributed by atoms with Gasteiger partial charge in [0, 0.05) is 28.7 Å². The lowest BCUT2D eigenvalue weighted by Gasteiger charge is -2.12. The van der Waals surface area contributed by atoms with Crippen molar-refractivity contribution in [2.45, 2.75) is 0 Å². The van der Waals surface area contributed by atoms with E-state index < -0.39 is 6.03 Å². The van der Waals surface area contributed by atoms with Crippen molar-refractivity contribution in [1.29, 1.82) is 0 Å². The van der Waals surface area contributed by atoms with Gasteiger partial charge in [0.05, 0.1) is 5.69 Å². The first kappa shape index (κ1) is 18.1. The molecule has 0 unspecified atom stereocenters. The monoisotopic (exact) mass is 387 g/mol. The van der Waals surface area contributed by atoms with Crippen LogP contribution < -0.4 is 21.1 Å². The van der Waals surface area contributed by atoms with E-state index in [9.17, 15) is 9.90 Å². The highest BCUT2D eigenvalue weighted by atomic mass is 16.5. The number of benzene rings is 3. The van der Waals surface area contributed by atoms with Crippen LogP contribution >= 0.6 is 0 Å². The molecule has 29 heavy (non-hydrogen) atoms. The third-order valence-electron chi connectivity index (χ3n) is 4.11. The molecular formula is C21H17N5O3. The molecule has 0 saturated carbocycles. The number of aromatic nitrogens is 2. The predicted octanol–water partition coefficient (Wildman–Crippen LogP) is 4.36. The number of nitrogens with one attached hydrogen (secondary N) is 2. The summed E-state index contributed by atoms with van der Waals surface area (Å²) in [6.07, 6.45) is 1.58. The van der Waals surface area contributed by atoms with Crippen LogP contribution in [0.1, 0.15) is 0 Å². The Balaban J connectivity index is 1.62. The van der Waals surface area contributed by atoms with Crippen LogP contribution in [0.5, 0.6) is 17.4 Å². The number of fused-ring (bicyclic) bond motifs is 1. The molecule has 5 N–H and O–H groups in total. The van der Waals surface area contributed by atoms with Gasteiger partial charge in [-0.15, -0.1) is 0 Å². The lowest BCUT2D eigenvalue weighted by Crippen LogP contribution is -2.19. The molecule has 4 rings (SSSR count). The molecule has 0 saturated heterocycles. The van der Waals surface area contributed by atoms with Gasteiger partial charge in [0.15, 0.2) is 0 Å². The fourth-order valence-corrected chi connectivity index (χ4v) is 2.85. The van der Waals surface area contributed by atoms with E-state index in [1.54, 1.807) is 48.7 Å². The van der Waals surface area contributed by atoms with Gasteiger partial charge in [-0.2, -0.15) is 4.98 Å². The van der Waals surface area contributed by atoms with E-state index in [-0.39, 0.29) is 5.75 Å². The number of hydrogen-bond acceptors (Lipinski definition) is 6. The van der Waals surface area contributed by atoms with Crippen molar-refractivity contribution in [3.8, 4) is 17.4 Å². The molecular weight excluding hydrogens is 370 g/mol. The van der Waals surface area contributed by atoms with Crippen LogP contribution in [0.25, 0.3) is 10.8 Å². The highest BCUT2D eigenvalue weighted by molar-refractivity contribution is 6.03. The summed E-state index contributed by atoms with van der Waals surface area (Å²) in [5.74, 6) is 1.45. The van der Waals surface area contributed by atoms with Gasteiger partial charge in [0.1, 0.15) is 11.5 Å². The molecule has 8 nitrogen and oxygen atoms in total. The number of phenols is 1. The van der Waals surface area contributed by atoms with Gasteiger partial charge in [-0.05, 0) is 36.4 Å². The Morgan fingerprint density at radius 3 is 2.48 bits per heavy atom. The van der Waals surface area contributed by atoms with E-state index >= 15 is 0 Å². The average molecular weight is 387 g/mol. The summed E-state index contributed by atoms with van der Waals surface area (Å²) >= 11 is 0. The predicted molar refractivity (Wildman–Crippen MR) is 111 cm³/mol. The molecule has 0 aliphatic carbocycles. The number of hydrogen-bond donors (Lipinski definition) is 4. The molecule has 0 spiro atoms. The van der Waals surface area contributed by atoms with Gasteiger partial charge in [0.2, 0.25) is 11.8 Å². The molecule has 0 aliphatic heterocycles. The fraction of sp³-hybridized carbons (Fsp3) is 0. The zero-order valence-corrected chi connectivity index (χ0v) is 15.2. The second kappa shape index (κ2) is 7.73. The summed E-state index contributed by atoms with van der Waals surface area (Å²) in [7, 11) is 0. The minimum Gasteiger partial charge on any atom is -0.508 e. The van der Waals surface area contributed by atoms with Crippen LogP contribution in [-0.4, -0.2) is 21.1 Å². The van der Waals surface area contributed by atoms with E-state index in [2.05, 4.69) is 20.6 Å². The Labute approximate surface area is 166 Å². The minimum absolute atomic E-state index is 0.176. The van der Waals surface area contributed by atoms with Crippen LogP contribution in [0, 0.1) is 0 Å². The van der Waals surface area contributed by atoms with Crippen molar-refractivity contribution in [3.63, 3.8) is 0 Å². The molecule has 1 heterocycles. The topological polar surface area (TPSA) is 122 Å². The van der Waals surface area contributed by atoms with E-state index in [1.807, 2.05) is 24.3 Å². The second-order valence-corrected chi connectivity index (χ2v) is 6.14. The van der Waals surface area contributed by atoms with Crippen molar-refractivity contribution in [1.82, 2.24) is 9.97 Å². The van der Waals surface area contributed by atoms with Crippen molar-refractivity contribution in [3.05, 3.63) is 72.9 Å². The zero-order chi connectivity index (χ0) is 20.2. The molecule has 144 valence electrons. The quantitative estimate of drug-likeness (QED) is 0.377. The number of urea groups is 1. The summed E-state index contributed by atoms with van der Waals surface area (Å²) < 4.78 is 5.97. The van der Waals surface area contributed by atoms with Crippen molar-refractivity contribution in [2.75, 3.05) is 10.6 Å². The zero-order valence-electron chi connectivity index (χ0n) is 15.2. The number of amides is 2. The number of ether oxygens (including phenoxy) is 1. The Bertz CT molecular complexity index is 1180. The average Bonchev–Trinajstić information content (AvgIpc) is 2.72. The smallest absolute Gasteiger partial charge is 0.316 e. The maximum absolute atomic E-state index is 11.2. The fourth-order valence-electron chi connectivity index (χ4n) is 2.85. The van der Waals surface area contributed by atoms with Gasteiger partial charge in [-0.25, -0.2) is 9.78 Å². The summed E-state index contributed by atoms with van der Waals surface area (Å²) in [6, 6.07) is 18.5. The Morgan fingerprint density at radius 2 is 1.72 bits per heavy atom. The molecule has 1 aromatic heterocycles. The van der Waals surface area contributed by atoms with Crippen LogP contribution in [0.2, 0.25) is 0 Å². The van der Waals surface area contributed by atoms with E-state index in [0.29, 0.717) is 23.3 Å². The molecule has 0 radical (unpaired) electrons. The van der Waals surface area contributed by atoms with Gasteiger partial charge in [-0.3, -0.25) is 0 Å². The molecule has 0 bridgehead atoms. The van der Waals surface area contributed by atoms with Gasteiger partial charge in [0.25, 0.3) is 0 Å². The maximum atomic E-state index is 11.2. The lowest BCUT2D eigenvalue weighted by atomic mass is 10.1. The van der Waals surface area contributed by atoms with Crippen LogP contribution in [0.4, 0.5) is 22.1 Å². The first-order valence-corrected chi connectivity index (χ1v) is 8.74. The maximum Gasteiger partial charge on any atom is 0.316 e. The SMILES string of the molecule is NC(=O)Nc1ccc(Oc2ccnc(Nc3ccc(O)cc3)n2)c2ccccc12. The van der Waals surface area contributed by atoms with Gasteiger partial charge in [-0.1, -0.05) is 24.3 Å². The normalized spacial score (nSPS) is 10.5. The van der Waals surface area contributed by atoms with Crippen LogP contribution in [-0.2, 0) is 0 Å². The molecule has 0 aliphatic rings. The van der Waals surface area contributed by atoms with E-state index in [4.69, 9.17) is 10.5 Å². The molecule has 0 fully saturated rings.